The second kappa shape index (κ2) is 11.8. The van der Waals surface area contributed by atoms with Crippen molar-refractivity contribution in [3.63, 3.8) is 0 Å². The number of para-hydroxylation sites is 1. The van der Waals surface area contributed by atoms with Gasteiger partial charge in [-0.05, 0) is 30.5 Å². The van der Waals surface area contributed by atoms with Crippen molar-refractivity contribution in [2.75, 3.05) is 13.2 Å². The van der Waals surface area contributed by atoms with Gasteiger partial charge in [0.1, 0.15) is 11.8 Å². The van der Waals surface area contributed by atoms with Gasteiger partial charge in [-0.2, -0.15) is 0 Å². The summed E-state index contributed by atoms with van der Waals surface area (Å²) in [5.74, 6) is 0.320. The number of rotatable bonds is 11. The molecule has 0 fully saturated rings. The lowest BCUT2D eigenvalue weighted by molar-refractivity contribution is -0.143. The zero-order valence-electron chi connectivity index (χ0n) is 16.8. The maximum absolute atomic E-state index is 13.0. The zero-order chi connectivity index (χ0) is 20.2. The SMILES string of the molecule is CCCCNC(=O)[C@@H](CC)N(Cc1ccccc1)C(=O)COc1ccccc1. The standard InChI is InChI=1S/C23H30N2O3/c1-3-5-16-24-23(27)21(4-2)25(17-19-12-8-6-9-13-19)22(26)18-28-20-14-10-7-11-15-20/h6-15,21H,3-5,16-18H2,1-2H3,(H,24,27)/t21-/m1/s1. The maximum atomic E-state index is 13.0. The Balaban J connectivity index is 2.12. The number of nitrogens with zero attached hydrogens (tertiary/aromatic N) is 1. The van der Waals surface area contributed by atoms with E-state index >= 15 is 0 Å². The molecule has 0 bridgehead atoms. The lowest BCUT2D eigenvalue weighted by Gasteiger charge is -2.30. The van der Waals surface area contributed by atoms with Crippen molar-refractivity contribution in [1.29, 1.82) is 0 Å². The Hall–Kier alpha value is -2.82. The van der Waals surface area contributed by atoms with E-state index in [2.05, 4.69) is 12.2 Å². The highest BCUT2D eigenvalue weighted by Gasteiger charge is 2.28. The summed E-state index contributed by atoms with van der Waals surface area (Å²) in [7, 11) is 0. The average molecular weight is 383 g/mol. The van der Waals surface area contributed by atoms with Gasteiger partial charge in [0, 0.05) is 13.1 Å². The number of nitrogens with one attached hydrogen (secondary N) is 1. The van der Waals surface area contributed by atoms with Crippen molar-refractivity contribution < 1.29 is 14.3 Å². The van der Waals surface area contributed by atoms with Gasteiger partial charge >= 0.3 is 0 Å². The lowest BCUT2D eigenvalue weighted by Crippen LogP contribution is -2.50. The summed E-state index contributed by atoms with van der Waals surface area (Å²) < 4.78 is 5.64. The highest BCUT2D eigenvalue weighted by molar-refractivity contribution is 5.88. The third-order valence-corrected chi connectivity index (χ3v) is 4.52. The molecular weight excluding hydrogens is 352 g/mol. The van der Waals surface area contributed by atoms with Gasteiger partial charge in [-0.1, -0.05) is 68.8 Å². The first-order valence-corrected chi connectivity index (χ1v) is 9.94. The van der Waals surface area contributed by atoms with E-state index < -0.39 is 6.04 Å². The third-order valence-electron chi connectivity index (χ3n) is 4.52. The molecule has 2 aromatic carbocycles. The van der Waals surface area contributed by atoms with Crippen LogP contribution in [0, 0.1) is 0 Å². The predicted molar refractivity (Wildman–Crippen MR) is 111 cm³/mol. The fourth-order valence-electron chi connectivity index (χ4n) is 2.95. The molecule has 0 aliphatic rings. The quantitative estimate of drug-likeness (QED) is 0.602. The molecule has 0 saturated carbocycles. The molecule has 0 aromatic heterocycles. The molecule has 0 aliphatic carbocycles. The highest BCUT2D eigenvalue weighted by atomic mass is 16.5. The third kappa shape index (κ3) is 6.72. The van der Waals surface area contributed by atoms with Gasteiger partial charge in [0.05, 0.1) is 0 Å². The van der Waals surface area contributed by atoms with E-state index in [-0.39, 0.29) is 18.4 Å². The fraction of sp³-hybridized carbons (Fsp3) is 0.391. The van der Waals surface area contributed by atoms with Crippen LogP contribution in [0.5, 0.6) is 5.75 Å². The van der Waals surface area contributed by atoms with Crippen LogP contribution in [0.25, 0.3) is 0 Å². The molecule has 5 nitrogen and oxygen atoms in total. The summed E-state index contributed by atoms with van der Waals surface area (Å²) in [5, 5.41) is 2.96. The zero-order valence-corrected chi connectivity index (χ0v) is 16.8. The van der Waals surface area contributed by atoms with Crippen LogP contribution in [0.1, 0.15) is 38.7 Å². The number of carbonyl (C=O) groups is 2. The van der Waals surface area contributed by atoms with E-state index in [4.69, 9.17) is 4.74 Å². The second-order valence-electron chi connectivity index (χ2n) is 6.68. The van der Waals surface area contributed by atoms with Crippen LogP contribution < -0.4 is 10.1 Å². The van der Waals surface area contributed by atoms with Crippen molar-refractivity contribution in [2.24, 2.45) is 0 Å². The van der Waals surface area contributed by atoms with Crippen LogP contribution in [-0.4, -0.2) is 35.9 Å². The Labute approximate surface area is 167 Å². The molecule has 2 aromatic rings. The van der Waals surface area contributed by atoms with Crippen LogP contribution in [0.3, 0.4) is 0 Å². The van der Waals surface area contributed by atoms with Crippen molar-refractivity contribution >= 4 is 11.8 Å². The molecule has 150 valence electrons. The summed E-state index contributed by atoms with van der Waals surface area (Å²) in [6.07, 6.45) is 2.47. The van der Waals surface area contributed by atoms with Gasteiger partial charge in [0.15, 0.2) is 6.61 Å². The van der Waals surface area contributed by atoms with Crippen LogP contribution >= 0.6 is 0 Å². The van der Waals surface area contributed by atoms with Gasteiger partial charge in [-0.15, -0.1) is 0 Å². The van der Waals surface area contributed by atoms with E-state index in [1.807, 2.05) is 67.6 Å². The molecule has 0 unspecified atom stereocenters. The minimum Gasteiger partial charge on any atom is -0.484 e. The lowest BCUT2D eigenvalue weighted by atomic mass is 10.1. The summed E-state index contributed by atoms with van der Waals surface area (Å²) in [6.45, 7) is 4.90. The van der Waals surface area contributed by atoms with Crippen molar-refractivity contribution in [2.45, 2.75) is 45.7 Å². The van der Waals surface area contributed by atoms with Gasteiger partial charge in [0.2, 0.25) is 5.91 Å². The van der Waals surface area contributed by atoms with Crippen molar-refractivity contribution in [3.05, 3.63) is 66.2 Å². The smallest absolute Gasteiger partial charge is 0.261 e. The van der Waals surface area contributed by atoms with E-state index in [0.29, 0.717) is 25.3 Å². The van der Waals surface area contributed by atoms with Crippen molar-refractivity contribution in [1.82, 2.24) is 10.2 Å². The van der Waals surface area contributed by atoms with E-state index in [0.717, 1.165) is 18.4 Å². The average Bonchev–Trinajstić information content (AvgIpc) is 2.73. The molecule has 28 heavy (non-hydrogen) atoms. The molecule has 2 rings (SSSR count). The molecule has 1 N–H and O–H groups in total. The number of hydrogen-bond acceptors (Lipinski definition) is 3. The number of carbonyl (C=O) groups excluding carboxylic acids is 2. The normalized spacial score (nSPS) is 11.5. The van der Waals surface area contributed by atoms with Crippen LogP contribution in [0.4, 0.5) is 0 Å². The topological polar surface area (TPSA) is 58.6 Å². The Morgan fingerprint density at radius 3 is 2.25 bits per heavy atom. The van der Waals surface area contributed by atoms with Crippen LogP contribution in [0.2, 0.25) is 0 Å². The summed E-state index contributed by atoms with van der Waals surface area (Å²) in [4.78, 5) is 27.3. The molecule has 1 atom stereocenters. The largest absolute Gasteiger partial charge is 0.484 e. The fourth-order valence-corrected chi connectivity index (χ4v) is 2.95. The second-order valence-corrected chi connectivity index (χ2v) is 6.68. The molecule has 5 heteroatoms. The first kappa shape index (κ1) is 21.5. The first-order chi connectivity index (χ1) is 13.7. The Morgan fingerprint density at radius 1 is 1.00 bits per heavy atom. The Bertz CT molecular complexity index is 719. The van der Waals surface area contributed by atoms with Gasteiger partial charge in [-0.3, -0.25) is 9.59 Å². The minimum absolute atomic E-state index is 0.102. The summed E-state index contributed by atoms with van der Waals surface area (Å²) in [6, 6.07) is 18.4. The molecule has 0 saturated heterocycles. The maximum Gasteiger partial charge on any atom is 0.261 e. The number of benzene rings is 2. The number of amides is 2. The van der Waals surface area contributed by atoms with E-state index in [9.17, 15) is 9.59 Å². The van der Waals surface area contributed by atoms with Crippen LogP contribution in [-0.2, 0) is 16.1 Å². The number of unbranched alkanes of at least 4 members (excludes halogenated alkanes) is 1. The molecule has 2 amide bonds. The summed E-state index contributed by atoms with van der Waals surface area (Å²) >= 11 is 0. The molecule has 0 heterocycles. The first-order valence-electron chi connectivity index (χ1n) is 9.94. The number of ether oxygens (including phenoxy) is 1. The Kier molecular flexibility index (Phi) is 9.05. The minimum atomic E-state index is -0.524. The monoisotopic (exact) mass is 382 g/mol. The van der Waals surface area contributed by atoms with Crippen LogP contribution in [0.15, 0.2) is 60.7 Å². The van der Waals surface area contributed by atoms with E-state index in [1.54, 1.807) is 4.90 Å². The molecule has 0 aliphatic heterocycles. The highest BCUT2D eigenvalue weighted by Crippen LogP contribution is 2.14. The molecule has 0 radical (unpaired) electrons. The van der Waals surface area contributed by atoms with Crippen molar-refractivity contribution in [3.8, 4) is 5.75 Å². The van der Waals surface area contributed by atoms with Gasteiger partial charge < -0.3 is 15.0 Å². The molecular formula is C23H30N2O3. The summed E-state index contributed by atoms with van der Waals surface area (Å²) in [5.41, 5.74) is 0.982. The number of hydrogen-bond donors (Lipinski definition) is 1. The van der Waals surface area contributed by atoms with Gasteiger partial charge in [0.25, 0.3) is 5.91 Å². The Morgan fingerprint density at radius 2 is 1.64 bits per heavy atom. The van der Waals surface area contributed by atoms with Gasteiger partial charge in [-0.25, -0.2) is 0 Å². The molecule has 0 spiro atoms. The van der Waals surface area contributed by atoms with E-state index in [1.165, 1.54) is 0 Å². The predicted octanol–water partition coefficient (Wildman–Crippen LogP) is 3.79.